The molecule has 1 N–H and O–H groups in total. The predicted octanol–water partition coefficient (Wildman–Crippen LogP) is 3.35. The molecule has 2 atom stereocenters. The average Bonchev–Trinajstić information content (AvgIpc) is 3.37. The maximum absolute atomic E-state index is 13.2. The number of carbonyl (C=O) groups is 1. The highest BCUT2D eigenvalue weighted by Crippen LogP contribution is 2.31. The number of hydrogen-bond acceptors (Lipinski definition) is 4. The summed E-state index contributed by atoms with van der Waals surface area (Å²) in [7, 11) is 1.92. The molecular weight excluding hydrogens is 402 g/mol. The van der Waals surface area contributed by atoms with Gasteiger partial charge >= 0.3 is 0 Å². The molecule has 0 spiro atoms. The number of aryl methyl sites for hydroxylation is 2. The molecule has 0 radical (unpaired) electrons. The quantitative estimate of drug-likeness (QED) is 0.673. The van der Waals surface area contributed by atoms with E-state index >= 15 is 0 Å². The molecule has 3 aromatic rings. The molecule has 0 saturated carbocycles. The minimum Gasteiger partial charge on any atom is -0.391 e. The number of amides is 1. The number of nitrogens with zero attached hydrogens (tertiary/aromatic N) is 3. The second-order valence-corrected chi connectivity index (χ2v) is 8.81. The number of hydrogen-bond donors (Lipinski definition) is 1. The zero-order valence-corrected chi connectivity index (χ0v) is 18.6. The lowest BCUT2D eigenvalue weighted by Gasteiger charge is -2.34. The number of aromatic nitrogens is 2. The van der Waals surface area contributed by atoms with Crippen molar-refractivity contribution in [3.8, 4) is 11.3 Å². The van der Waals surface area contributed by atoms with Crippen LogP contribution in [-0.4, -0.2) is 51.1 Å². The first-order valence-corrected chi connectivity index (χ1v) is 11.3. The van der Waals surface area contributed by atoms with E-state index in [0.29, 0.717) is 26.2 Å². The highest BCUT2D eigenvalue weighted by Gasteiger charge is 2.38. The Hall–Kier alpha value is -2.96. The molecule has 6 nitrogen and oxygen atoms in total. The summed E-state index contributed by atoms with van der Waals surface area (Å²) in [6.07, 6.45) is 3.69. The van der Waals surface area contributed by atoms with Gasteiger partial charge in [0, 0.05) is 37.5 Å². The van der Waals surface area contributed by atoms with Crippen LogP contribution >= 0.6 is 0 Å². The van der Waals surface area contributed by atoms with E-state index < -0.39 is 6.10 Å². The van der Waals surface area contributed by atoms with E-state index in [1.54, 1.807) is 9.58 Å². The molecule has 6 heteroatoms. The van der Waals surface area contributed by atoms with Crippen molar-refractivity contribution in [3.05, 3.63) is 76.5 Å². The molecule has 2 aliphatic rings. The Balaban J connectivity index is 1.39. The summed E-state index contributed by atoms with van der Waals surface area (Å²) >= 11 is 0. The Labute approximate surface area is 188 Å². The summed E-state index contributed by atoms with van der Waals surface area (Å²) in [6.45, 7) is 3.65. The van der Waals surface area contributed by atoms with Crippen LogP contribution in [0, 0.1) is 0 Å². The third-order valence-electron chi connectivity index (χ3n) is 6.69. The van der Waals surface area contributed by atoms with Crippen LogP contribution in [0.3, 0.4) is 0 Å². The molecule has 0 bridgehead atoms. The number of carbonyl (C=O) groups excluding carboxylic acids is 1. The first-order chi connectivity index (χ1) is 15.5. The van der Waals surface area contributed by atoms with Crippen LogP contribution in [0.25, 0.3) is 11.3 Å². The Morgan fingerprint density at radius 3 is 2.66 bits per heavy atom. The lowest BCUT2D eigenvalue weighted by molar-refractivity contribution is -0.0528. The van der Waals surface area contributed by atoms with Crippen LogP contribution in [0.4, 0.5) is 0 Å². The van der Waals surface area contributed by atoms with Crippen molar-refractivity contribution in [1.29, 1.82) is 0 Å². The van der Waals surface area contributed by atoms with E-state index in [1.165, 1.54) is 16.7 Å². The Morgan fingerprint density at radius 2 is 1.97 bits per heavy atom. The van der Waals surface area contributed by atoms with Crippen molar-refractivity contribution in [2.75, 3.05) is 13.2 Å². The van der Waals surface area contributed by atoms with E-state index in [1.807, 2.05) is 19.3 Å². The van der Waals surface area contributed by atoms with Crippen LogP contribution in [0.5, 0.6) is 0 Å². The minimum absolute atomic E-state index is 0.00366. The first-order valence-electron chi connectivity index (χ1n) is 11.3. The summed E-state index contributed by atoms with van der Waals surface area (Å²) in [6, 6.07) is 14.5. The van der Waals surface area contributed by atoms with E-state index in [2.05, 4.69) is 48.4 Å². The van der Waals surface area contributed by atoms with Crippen LogP contribution < -0.4 is 0 Å². The van der Waals surface area contributed by atoms with Gasteiger partial charge in [0.25, 0.3) is 5.91 Å². The van der Waals surface area contributed by atoms with Crippen molar-refractivity contribution < 1.29 is 14.6 Å². The molecule has 1 aromatic heterocycles. The van der Waals surface area contributed by atoms with Crippen LogP contribution in [0.1, 0.15) is 46.0 Å². The van der Waals surface area contributed by atoms with Crippen molar-refractivity contribution >= 4 is 5.91 Å². The van der Waals surface area contributed by atoms with Crippen molar-refractivity contribution in [1.82, 2.24) is 14.7 Å². The van der Waals surface area contributed by atoms with Crippen molar-refractivity contribution in [2.24, 2.45) is 7.05 Å². The monoisotopic (exact) mass is 431 g/mol. The Morgan fingerprint density at radius 1 is 1.16 bits per heavy atom. The van der Waals surface area contributed by atoms with Gasteiger partial charge in [-0.3, -0.25) is 9.48 Å². The fraction of sp³-hybridized carbons (Fsp3) is 0.385. The summed E-state index contributed by atoms with van der Waals surface area (Å²) < 4.78 is 7.35. The number of fused-ring (bicyclic) bond motifs is 1. The van der Waals surface area contributed by atoms with Gasteiger partial charge in [-0.1, -0.05) is 37.3 Å². The molecule has 1 saturated heterocycles. The van der Waals surface area contributed by atoms with Gasteiger partial charge in [0.15, 0.2) is 0 Å². The topological polar surface area (TPSA) is 67.6 Å². The Bertz CT molecular complexity index is 1140. The molecule has 32 heavy (non-hydrogen) atoms. The summed E-state index contributed by atoms with van der Waals surface area (Å²) in [5, 5.41) is 14.9. The van der Waals surface area contributed by atoms with Gasteiger partial charge in [-0.15, -0.1) is 0 Å². The van der Waals surface area contributed by atoms with Gasteiger partial charge in [-0.25, -0.2) is 0 Å². The lowest BCUT2D eigenvalue weighted by atomic mass is 9.93. The molecule has 5 rings (SSSR count). The maximum atomic E-state index is 13.2. The van der Waals surface area contributed by atoms with Gasteiger partial charge in [0.05, 0.1) is 24.4 Å². The van der Waals surface area contributed by atoms with Crippen LogP contribution in [0.2, 0.25) is 0 Å². The van der Waals surface area contributed by atoms with E-state index in [0.717, 1.165) is 35.2 Å². The lowest BCUT2D eigenvalue weighted by Crippen LogP contribution is -2.49. The summed E-state index contributed by atoms with van der Waals surface area (Å²) in [5.41, 5.74) is 7.54. The predicted molar refractivity (Wildman–Crippen MR) is 122 cm³/mol. The molecule has 1 fully saturated rings. The van der Waals surface area contributed by atoms with E-state index in [9.17, 15) is 9.90 Å². The van der Waals surface area contributed by atoms with Gasteiger partial charge in [-0.05, 0) is 53.6 Å². The fourth-order valence-electron chi connectivity index (χ4n) is 4.83. The molecule has 1 amide bonds. The van der Waals surface area contributed by atoms with Gasteiger partial charge in [-0.2, -0.15) is 5.10 Å². The first kappa shape index (κ1) is 20.9. The zero-order valence-electron chi connectivity index (χ0n) is 18.6. The number of rotatable bonds is 5. The largest absolute Gasteiger partial charge is 0.391 e. The standard InChI is InChI=1S/C26H29N3O3/c1-3-18-13-21-15-29(24-16-32-11-9-25(24)30)26(31)22(21)14-20(18)12-17-4-6-19(7-5-17)23-8-10-28(2)27-23/h4-8,10,13-14,24-25,30H,3,9,11-12,15-16H2,1-2H3. The average molecular weight is 432 g/mol. The van der Waals surface area contributed by atoms with Gasteiger partial charge in [0.1, 0.15) is 0 Å². The molecule has 2 unspecified atom stereocenters. The second-order valence-electron chi connectivity index (χ2n) is 8.81. The molecule has 166 valence electrons. The highest BCUT2D eigenvalue weighted by atomic mass is 16.5. The number of ether oxygens (including phenoxy) is 1. The number of aliphatic hydroxyl groups is 1. The fourth-order valence-corrected chi connectivity index (χ4v) is 4.83. The molecule has 3 heterocycles. The van der Waals surface area contributed by atoms with Crippen molar-refractivity contribution in [2.45, 2.75) is 44.9 Å². The normalized spacial score (nSPS) is 20.6. The van der Waals surface area contributed by atoms with E-state index in [-0.39, 0.29) is 11.9 Å². The minimum atomic E-state index is -0.523. The summed E-state index contributed by atoms with van der Waals surface area (Å²) in [4.78, 5) is 15.0. The van der Waals surface area contributed by atoms with Gasteiger partial charge in [0.2, 0.25) is 0 Å². The third kappa shape index (κ3) is 3.85. The Kier molecular flexibility index (Phi) is 5.57. The molecule has 2 aliphatic heterocycles. The maximum Gasteiger partial charge on any atom is 0.254 e. The smallest absolute Gasteiger partial charge is 0.254 e. The third-order valence-corrected chi connectivity index (χ3v) is 6.69. The molecular formula is C26H29N3O3. The molecule has 0 aliphatic carbocycles. The molecule has 2 aromatic carbocycles. The second kappa shape index (κ2) is 8.52. The highest BCUT2D eigenvalue weighted by molar-refractivity contribution is 5.99. The van der Waals surface area contributed by atoms with E-state index in [4.69, 9.17) is 4.74 Å². The van der Waals surface area contributed by atoms with Crippen LogP contribution in [-0.2, 0) is 31.2 Å². The zero-order chi connectivity index (χ0) is 22.2. The van der Waals surface area contributed by atoms with Crippen molar-refractivity contribution in [3.63, 3.8) is 0 Å². The number of aliphatic hydroxyl groups excluding tert-OH is 1. The summed E-state index contributed by atoms with van der Waals surface area (Å²) in [5.74, 6) is 0.00366. The van der Waals surface area contributed by atoms with Gasteiger partial charge < -0.3 is 14.7 Å². The van der Waals surface area contributed by atoms with Crippen LogP contribution in [0.15, 0.2) is 48.7 Å². The number of benzene rings is 2. The SMILES string of the molecule is CCc1cc2c(cc1Cc1ccc(-c3ccn(C)n3)cc1)C(=O)N(C1COCCC1O)C2.